The zero-order valence-corrected chi connectivity index (χ0v) is 35.0. The van der Waals surface area contributed by atoms with Gasteiger partial charge in [0.05, 0.1) is 16.6 Å². The molecule has 0 amide bonds. The monoisotopic (exact) mass is 807 g/mol. The van der Waals surface area contributed by atoms with Gasteiger partial charge in [-0.05, 0) is 120 Å². The van der Waals surface area contributed by atoms with Crippen LogP contribution in [-0.2, 0) is 0 Å². The molecule has 0 bridgehead atoms. The minimum Gasteiger partial charge on any atom is -0.314 e. The lowest BCUT2D eigenvalue weighted by Gasteiger charge is -2.30. The molecule has 2 aromatic heterocycles. The van der Waals surface area contributed by atoms with Gasteiger partial charge in [-0.3, -0.25) is 0 Å². The van der Waals surface area contributed by atoms with E-state index < -0.39 is 0 Å². The molecule has 0 aliphatic heterocycles. The van der Waals surface area contributed by atoms with Crippen LogP contribution in [0.1, 0.15) is 36.3 Å². The normalized spacial score (nSPS) is 14.8. The minimum atomic E-state index is 0.281. The standard InChI is InChI=1S/C60H45N3/c1-5-17-47(18-6-1)61(48-19-7-2-8-20-48)51-36-33-43(34-37-51)46-40-54(60-56(41-46)53-26-14-16-28-58(53)63(60)50-23-11-4-12-24-50)44-31-29-42(30-32-44)45-35-38-59-55(39-45)52-25-13-15-27-57(52)62(59)49-21-9-3-10-22-49/h1-33,36,38-41,45H,34-35,37H2. The lowest BCUT2D eigenvalue weighted by atomic mass is 9.88. The predicted octanol–water partition coefficient (Wildman–Crippen LogP) is 14.0. The Balaban J connectivity index is 0.986. The summed E-state index contributed by atoms with van der Waals surface area (Å²) in [5.74, 6) is 0.281. The maximum Gasteiger partial charge on any atom is 0.0619 e. The lowest BCUT2D eigenvalue weighted by molar-refractivity contribution is 0.907. The Morgan fingerprint density at radius 2 is 1.03 bits per heavy atom. The molecule has 63 heavy (non-hydrogen) atoms. The average Bonchev–Trinajstić information content (AvgIpc) is 3.88. The molecule has 10 aromatic rings. The van der Waals surface area contributed by atoms with Crippen LogP contribution in [0, 0.1) is 0 Å². The molecule has 1 unspecified atom stereocenters. The zero-order valence-electron chi connectivity index (χ0n) is 35.0. The van der Waals surface area contributed by atoms with Gasteiger partial charge < -0.3 is 14.0 Å². The number of rotatable bonds is 8. The first-order chi connectivity index (χ1) is 31.3. The first kappa shape index (κ1) is 36.9. The summed E-state index contributed by atoms with van der Waals surface area (Å²) in [6, 6.07) is 75.2. The van der Waals surface area contributed by atoms with Gasteiger partial charge in [-0.15, -0.1) is 0 Å². The third-order valence-electron chi connectivity index (χ3n) is 13.1. The van der Waals surface area contributed by atoms with Gasteiger partial charge in [0, 0.05) is 66.7 Å². The molecule has 0 fully saturated rings. The van der Waals surface area contributed by atoms with E-state index in [-0.39, 0.29) is 5.92 Å². The smallest absolute Gasteiger partial charge is 0.0619 e. The number of fused-ring (bicyclic) bond motifs is 6. The molecule has 2 aliphatic carbocycles. The Labute approximate surface area is 367 Å². The summed E-state index contributed by atoms with van der Waals surface area (Å²) in [4.78, 5) is 2.40. The highest BCUT2D eigenvalue weighted by Gasteiger charge is 2.23. The van der Waals surface area contributed by atoms with Crippen molar-refractivity contribution >= 4 is 61.8 Å². The molecule has 0 N–H and O–H groups in total. The van der Waals surface area contributed by atoms with Crippen LogP contribution in [0.3, 0.4) is 0 Å². The van der Waals surface area contributed by atoms with Crippen molar-refractivity contribution in [3.8, 4) is 22.5 Å². The Kier molecular flexibility index (Phi) is 9.11. The number of nitrogens with zero attached hydrogens (tertiary/aromatic N) is 3. The summed E-state index contributed by atoms with van der Waals surface area (Å²) < 4.78 is 4.89. The van der Waals surface area contributed by atoms with Gasteiger partial charge in [0.2, 0.25) is 0 Å². The SMILES string of the molecule is C1=C(c2cc(-c3ccc(C4C=c5c(n(-c6ccccc6)c6ccccc56)=CC4)cc3)c3c(c2)c2ccccc2n3-c2ccccc2)CCC(N(c2ccccc2)c2ccccc2)=C1. The first-order valence-electron chi connectivity index (χ1n) is 22.2. The van der Waals surface area contributed by atoms with Crippen LogP contribution in [0.2, 0.25) is 0 Å². The Morgan fingerprint density at radius 1 is 0.460 bits per heavy atom. The van der Waals surface area contributed by atoms with Gasteiger partial charge >= 0.3 is 0 Å². The van der Waals surface area contributed by atoms with Crippen LogP contribution in [0.4, 0.5) is 11.4 Å². The molecule has 2 heterocycles. The van der Waals surface area contributed by atoms with E-state index in [1.165, 1.54) is 99.6 Å². The second kappa shape index (κ2) is 15.5. The van der Waals surface area contributed by atoms with Gasteiger partial charge in [-0.2, -0.15) is 0 Å². The van der Waals surface area contributed by atoms with Crippen LogP contribution in [0.25, 0.3) is 72.9 Å². The molecule has 1 atom stereocenters. The second-order valence-corrected chi connectivity index (χ2v) is 16.8. The van der Waals surface area contributed by atoms with Crippen molar-refractivity contribution < 1.29 is 0 Å². The second-order valence-electron chi connectivity index (χ2n) is 16.8. The third kappa shape index (κ3) is 6.44. The van der Waals surface area contributed by atoms with Crippen LogP contribution in [0.5, 0.6) is 0 Å². The van der Waals surface area contributed by atoms with Crippen molar-refractivity contribution in [3.05, 3.63) is 246 Å². The third-order valence-corrected chi connectivity index (χ3v) is 13.1. The summed E-state index contributed by atoms with van der Waals surface area (Å²) in [6.07, 6.45) is 12.5. The number of hydrogen-bond donors (Lipinski definition) is 0. The molecular weight excluding hydrogens is 763 g/mol. The van der Waals surface area contributed by atoms with Crippen molar-refractivity contribution in [3.63, 3.8) is 0 Å². The largest absolute Gasteiger partial charge is 0.314 e. The highest BCUT2D eigenvalue weighted by molar-refractivity contribution is 6.15. The Hall–Kier alpha value is -7.88. The molecule has 3 heteroatoms. The summed E-state index contributed by atoms with van der Waals surface area (Å²) in [5.41, 5.74) is 16.1. The van der Waals surface area contributed by atoms with E-state index in [4.69, 9.17) is 0 Å². The van der Waals surface area contributed by atoms with Gasteiger partial charge in [0.15, 0.2) is 0 Å². The van der Waals surface area contributed by atoms with E-state index in [0.717, 1.165) is 19.3 Å². The molecule has 0 spiro atoms. The Bertz CT molecular complexity index is 3460. The van der Waals surface area contributed by atoms with Crippen molar-refractivity contribution in [2.45, 2.75) is 25.2 Å². The van der Waals surface area contributed by atoms with Crippen LogP contribution >= 0.6 is 0 Å². The molecular formula is C60H45N3. The van der Waals surface area contributed by atoms with Crippen molar-refractivity contribution in [2.75, 3.05) is 4.90 Å². The number of allylic oxidation sites excluding steroid dienone is 4. The number of para-hydroxylation sites is 6. The van der Waals surface area contributed by atoms with Crippen molar-refractivity contribution in [1.82, 2.24) is 9.13 Å². The lowest BCUT2D eigenvalue weighted by Crippen LogP contribution is -2.31. The van der Waals surface area contributed by atoms with Gasteiger partial charge in [0.25, 0.3) is 0 Å². The van der Waals surface area contributed by atoms with Crippen LogP contribution in [-0.4, -0.2) is 9.13 Å². The van der Waals surface area contributed by atoms with E-state index in [2.05, 4.69) is 245 Å². The first-order valence-corrected chi connectivity index (χ1v) is 22.2. The van der Waals surface area contributed by atoms with E-state index in [1.807, 2.05) is 0 Å². The van der Waals surface area contributed by atoms with Crippen LogP contribution < -0.4 is 15.5 Å². The molecule has 0 radical (unpaired) electrons. The fourth-order valence-electron chi connectivity index (χ4n) is 10.2. The predicted molar refractivity (Wildman–Crippen MR) is 265 cm³/mol. The Morgan fingerprint density at radius 3 is 1.67 bits per heavy atom. The van der Waals surface area contributed by atoms with E-state index in [0.29, 0.717) is 0 Å². The minimum absolute atomic E-state index is 0.281. The van der Waals surface area contributed by atoms with Gasteiger partial charge in [0.1, 0.15) is 0 Å². The number of hydrogen-bond acceptors (Lipinski definition) is 1. The van der Waals surface area contributed by atoms with Gasteiger partial charge in [-0.25, -0.2) is 0 Å². The molecule has 8 aromatic carbocycles. The number of aromatic nitrogens is 2. The molecule has 0 saturated carbocycles. The fraction of sp³-hybridized carbons (Fsp3) is 0.0667. The molecule has 12 rings (SSSR count). The van der Waals surface area contributed by atoms with Gasteiger partial charge in [-0.1, -0.05) is 152 Å². The van der Waals surface area contributed by atoms with E-state index >= 15 is 0 Å². The summed E-state index contributed by atoms with van der Waals surface area (Å²) in [7, 11) is 0. The highest BCUT2D eigenvalue weighted by atomic mass is 15.1. The molecule has 300 valence electrons. The van der Waals surface area contributed by atoms with Crippen molar-refractivity contribution in [1.29, 1.82) is 0 Å². The van der Waals surface area contributed by atoms with E-state index in [9.17, 15) is 0 Å². The average molecular weight is 808 g/mol. The molecule has 2 aliphatic rings. The number of benzene rings is 8. The fourth-order valence-corrected chi connectivity index (χ4v) is 10.2. The summed E-state index contributed by atoms with van der Waals surface area (Å²) in [6.45, 7) is 0. The topological polar surface area (TPSA) is 13.1 Å². The van der Waals surface area contributed by atoms with Crippen LogP contribution in [0.15, 0.2) is 224 Å². The maximum atomic E-state index is 2.51. The number of anilines is 2. The van der Waals surface area contributed by atoms with Crippen molar-refractivity contribution in [2.24, 2.45) is 0 Å². The zero-order chi connectivity index (χ0) is 41.7. The quantitative estimate of drug-likeness (QED) is 0.149. The van der Waals surface area contributed by atoms with E-state index in [1.54, 1.807) is 0 Å². The summed E-state index contributed by atoms with van der Waals surface area (Å²) >= 11 is 0. The molecule has 3 nitrogen and oxygen atoms in total. The maximum absolute atomic E-state index is 2.51. The highest BCUT2D eigenvalue weighted by Crippen LogP contribution is 2.43. The molecule has 0 saturated heterocycles. The summed E-state index contributed by atoms with van der Waals surface area (Å²) in [5, 5.41) is 6.45.